The van der Waals surface area contributed by atoms with Crippen molar-refractivity contribution in [1.82, 2.24) is 4.90 Å². The van der Waals surface area contributed by atoms with Gasteiger partial charge in [0, 0.05) is 24.7 Å². The quantitative estimate of drug-likeness (QED) is 0.602. The summed E-state index contributed by atoms with van der Waals surface area (Å²) in [5.74, 6) is -0.671. The lowest BCUT2D eigenvalue weighted by molar-refractivity contribution is -0.384. The zero-order chi connectivity index (χ0) is 20.1. The van der Waals surface area contributed by atoms with Gasteiger partial charge in [-0.25, -0.2) is 0 Å². The Bertz CT molecular complexity index is 908. The van der Waals surface area contributed by atoms with Gasteiger partial charge in [0.15, 0.2) is 0 Å². The molecule has 1 N–H and O–H groups in total. The first-order chi connectivity index (χ1) is 13.5. The molecule has 1 saturated heterocycles. The summed E-state index contributed by atoms with van der Waals surface area (Å²) in [7, 11) is 0. The summed E-state index contributed by atoms with van der Waals surface area (Å²) in [6, 6.07) is 10.6. The van der Waals surface area contributed by atoms with E-state index in [0.717, 1.165) is 31.7 Å². The van der Waals surface area contributed by atoms with Crippen LogP contribution < -0.4 is 5.32 Å². The Morgan fingerprint density at radius 3 is 2.39 bits per heavy atom. The van der Waals surface area contributed by atoms with Gasteiger partial charge in [-0.3, -0.25) is 19.7 Å². The van der Waals surface area contributed by atoms with E-state index >= 15 is 0 Å². The molecular formula is C20H20ClN3O4. The van der Waals surface area contributed by atoms with Crippen molar-refractivity contribution in [3.05, 3.63) is 68.7 Å². The van der Waals surface area contributed by atoms with Gasteiger partial charge in [-0.05, 0) is 37.1 Å². The third-order valence-electron chi connectivity index (χ3n) is 4.70. The second-order valence-corrected chi connectivity index (χ2v) is 7.04. The molecular weight excluding hydrogens is 382 g/mol. The lowest BCUT2D eigenvalue weighted by Crippen LogP contribution is -2.32. The molecule has 1 heterocycles. The fourth-order valence-corrected chi connectivity index (χ4v) is 3.40. The number of para-hydroxylation sites is 1. The van der Waals surface area contributed by atoms with Crippen LogP contribution in [0.25, 0.3) is 0 Å². The summed E-state index contributed by atoms with van der Waals surface area (Å²) >= 11 is 5.80. The maximum atomic E-state index is 12.9. The van der Waals surface area contributed by atoms with E-state index in [-0.39, 0.29) is 22.2 Å². The summed E-state index contributed by atoms with van der Waals surface area (Å²) in [6.45, 7) is 1.40. The third-order valence-corrected chi connectivity index (χ3v) is 5.02. The first kappa shape index (κ1) is 19.8. The Labute approximate surface area is 167 Å². The first-order valence-corrected chi connectivity index (χ1v) is 9.49. The molecule has 0 aromatic heterocycles. The van der Waals surface area contributed by atoms with Crippen molar-refractivity contribution in [2.45, 2.75) is 25.7 Å². The van der Waals surface area contributed by atoms with Crippen molar-refractivity contribution < 1.29 is 14.5 Å². The molecule has 0 aliphatic carbocycles. The molecule has 3 rings (SSSR count). The molecule has 28 heavy (non-hydrogen) atoms. The smallest absolute Gasteiger partial charge is 0.288 e. The van der Waals surface area contributed by atoms with Crippen LogP contribution in [0.1, 0.15) is 46.4 Å². The van der Waals surface area contributed by atoms with Crippen molar-refractivity contribution >= 4 is 34.8 Å². The van der Waals surface area contributed by atoms with Crippen LogP contribution in [0.4, 0.5) is 11.4 Å². The van der Waals surface area contributed by atoms with Gasteiger partial charge in [0.2, 0.25) is 0 Å². The minimum atomic E-state index is -0.643. The number of hydrogen-bond acceptors (Lipinski definition) is 4. The van der Waals surface area contributed by atoms with E-state index in [1.807, 2.05) is 4.90 Å². The molecule has 1 aliphatic rings. The average Bonchev–Trinajstić information content (AvgIpc) is 2.97. The molecule has 0 radical (unpaired) electrons. The highest BCUT2D eigenvalue weighted by Gasteiger charge is 2.22. The summed E-state index contributed by atoms with van der Waals surface area (Å²) in [5.41, 5.74) is 0.525. The lowest BCUT2D eigenvalue weighted by Gasteiger charge is -2.22. The van der Waals surface area contributed by atoms with E-state index in [4.69, 9.17) is 11.6 Å². The number of halogens is 1. The fraction of sp³-hybridized carbons (Fsp3) is 0.300. The molecule has 2 aromatic rings. The maximum Gasteiger partial charge on any atom is 0.288 e. The number of anilines is 1. The third kappa shape index (κ3) is 4.48. The normalized spacial score (nSPS) is 14.2. The van der Waals surface area contributed by atoms with E-state index in [0.29, 0.717) is 24.3 Å². The van der Waals surface area contributed by atoms with Crippen LogP contribution in [0.5, 0.6) is 0 Å². The molecule has 0 saturated carbocycles. The second-order valence-electron chi connectivity index (χ2n) is 6.63. The highest BCUT2D eigenvalue weighted by atomic mass is 35.5. The van der Waals surface area contributed by atoms with Gasteiger partial charge >= 0.3 is 0 Å². The fourth-order valence-electron chi connectivity index (χ4n) is 3.21. The molecule has 0 spiro atoms. The molecule has 7 nitrogen and oxygen atoms in total. The number of carbonyl (C=O) groups is 2. The Hall–Kier alpha value is -2.93. The highest BCUT2D eigenvalue weighted by Crippen LogP contribution is 2.26. The van der Waals surface area contributed by atoms with E-state index in [1.54, 1.807) is 24.3 Å². The molecule has 2 aromatic carbocycles. The van der Waals surface area contributed by atoms with Gasteiger partial charge in [0.25, 0.3) is 17.5 Å². The molecule has 0 unspecified atom stereocenters. The monoisotopic (exact) mass is 401 g/mol. The van der Waals surface area contributed by atoms with E-state index in [1.165, 1.54) is 12.1 Å². The molecule has 146 valence electrons. The molecule has 1 fully saturated rings. The Balaban J connectivity index is 1.83. The van der Waals surface area contributed by atoms with Gasteiger partial charge < -0.3 is 10.2 Å². The molecule has 0 atom stereocenters. The number of amides is 2. The van der Waals surface area contributed by atoms with Crippen LogP contribution in [0.15, 0.2) is 42.5 Å². The largest absolute Gasteiger partial charge is 0.339 e. The van der Waals surface area contributed by atoms with Crippen LogP contribution >= 0.6 is 11.6 Å². The van der Waals surface area contributed by atoms with Crippen LogP contribution in [-0.4, -0.2) is 34.7 Å². The number of likely N-dealkylation sites (tertiary alicyclic amines) is 1. The van der Waals surface area contributed by atoms with E-state index in [9.17, 15) is 19.7 Å². The molecule has 2 amide bonds. The van der Waals surface area contributed by atoms with Crippen LogP contribution in [0, 0.1) is 10.1 Å². The van der Waals surface area contributed by atoms with Crippen molar-refractivity contribution in [2.24, 2.45) is 0 Å². The number of hydrogen-bond donors (Lipinski definition) is 1. The van der Waals surface area contributed by atoms with Crippen molar-refractivity contribution in [1.29, 1.82) is 0 Å². The number of nitro benzene ring substituents is 1. The van der Waals surface area contributed by atoms with Crippen LogP contribution in [-0.2, 0) is 0 Å². The van der Waals surface area contributed by atoms with Crippen LogP contribution in [0.2, 0.25) is 5.02 Å². The zero-order valence-corrected chi connectivity index (χ0v) is 15.9. The SMILES string of the molecule is O=C(Nc1ccccc1C(=O)N1CCCCCC1)c1ccc(Cl)c([N+](=O)[O-])c1. The van der Waals surface area contributed by atoms with Gasteiger partial charge in [0.1, 0.15) is 5.02 Å². The van der Waals surface area contributed by atoms with E-state index in [2.05, 4.69) is 5.32 Å². The van der Waals surface area contributed by atoms with Gasteiger partial charge in [-0.1, -0.05) is 36.6 Å². The summed E-state index contributed by atoms with van der Waals surface area (Å²) in [5, 5.41) is 13.7. The number of nitrogens with one attached hydrogen (secondary N) is 1. The number of benzene rings is 2. The predicted octanol–water partition coefficient (Wildman–Crippen LogP) is 4.52. The molecule has 0 bridgehead atoms. The average molecular weight is 402 g/mol. The maximum absolute atomic E-state index is 12.9. The van der Waals surface area contributed by atoms with Gasteiger partial charge in [-0.2, -0.15) is 0 Å². The highest BCUT2D eigenvalue weighted by molar-refractivity contribution is 6.32. The van der Waals surface area contributed by atoms with Crippen molar-refractivity contribution in [3.63, 3.8) is 0 Å². The number of nitrogens with zero attached hydrogens (tertiary/aromatic N) is 2. The topological polar surface area (TPSA) is 92.6 Å². The molecule has 1 aliphatic heterocycles. The predicted molar refractivity (Wildman–Crippen MR) is 107 cm³/mol. The van der Waals surface area contributed by atoms with E-state index < -0.39 is 10.8 Å². The molecule has 8 heteroatoms. The number of nitro groups is 1. The summed E-state index contributed by atoms with van der Waals surface area (Å²) in [4.78, 5) is 37.8. The lowest BCUT2D eigenvalue weighted by atomic mass is 10.1. The first-order valence-electron chi connectivity index (χ1n) is 9.11. The minimum Gasteiger partial charge on any atom is -0.339 e. The standard InChI is InChI=1S/C20H20ClN3O4/c21-16-10-9-14(13-18(16)24(27)28)19(25)22-17-8-4-3-7-15(17)20(26)23-11-5-1-2-6-12-23/h3-4,7-10,13H,1-2,5-6,11-12H2,(H,22,25). The number of rotatable bonds is 4. The summed E-state index contributed by atoms with van der Waals surface area (Å²) < 4.78 is 0. The van der Waals surface area contributed by atoms with Crippen molar-refractivity contribution in [2.75, 3.05) is 18.4 Å². The number of carbonyl (C=O) groups excluding carboxylic acids is 2. The van der Waals surface area contributed by atoms with Gasteiger partial charge in [0.05, 0.1) is 16.2 Å². The Morgan fingerprint density at radius 1 is 1.04 bits per heavy atom. The van der Waals surface area contributed by atoms with Crippen LogP contribution in [0.3, 0.4) is 0 Å². The summed E-state index contributed by atoms with van der Waals surface area (Å²) in [6.07, 6.45) is 4.15. The van der Waals surface area contributed by atoms with Crippen molar-refractivity contribution in [3.8, 4) is 0 Å². The zero-order valence-electron chi connectivity index (χ0n) is 15.2. The Kier molecular flexibility index (Phi) is 6.26. The van der Waals surface area contributed by atoms with Gasteiger partial charge in [-0.15, -0.1) is 0 Å². The second kappa shape index (κ2) is 8.84. The Morgan fingerprint density at radius 2 is 1.71 bits per heavy atom. The minimum absolute atomic E-state index is 0.0432.